The molecule has 0 radical (unpaired) electrons. The smallest absolute Gasteiger partial charge is 0.264 e. The van der Waals surface area contributed by atoms with Crippen LogP contribution in [0.15, 0.2) is 33.8 Å². The number of rotatable bonds is 4. The minimum atomic E-state index is -3.66. The monoisotopic (exact) mass is 358 g/mol. The summed E-state index contributed by atoms with van der Waals surface area (Å²) in [5, 5.41) is 0. The zero-order valence-electron chi connectivity index (χ0n) is 11.1. The fraction of sp³-hybridized carbons (Fsp3) is 0.250. The first-order chi connectivity index (χ1) is 9.33. The number of sulfonamides is 1. The van der Waals surface area contributed by atoms with E-state index >= 15 is 0 Å². The number of nitrogens with zero attached hydrogens (tertiary/aromatic N) is 2. The van der Waals surface area contributed by atoms with Crippen LogP contribution in [-0.4, -0.2) is 18.0 Å². The van der Waals surface area contributed by atoms with Crippen molar-refractivity contribution in [3.63, 3.8) is 0 Å². The molecule has 0 amide bonds. The Morgan fingerprint density at radius 1 is 1.45 bits per heavy atom. The molecule has 0 aromatic carbocycles. The molecule has 108 valence electrons. The number of aromatic nitrogens is 2. The number of hydrogen-bond donors (Lipinski definition) is 2. The topological polar surface area (TPSA) is 90.0 Å². The summed E-state index contributed by atoms with van der Waals surface area (Å²) in [6.07, 6.45) is 1.52. The average Bonchev–Trinajstić information content (AvgIpc) is 2.76. The molecule has 0 unspecified atom stereocenters. The first kappa shape index (κ1) is 15.0. The third-order valence-corrected chi connectivity index (χ3v) is 5.02. The molecule has 6 nitrogen and oxygen atoms in total. The molecule has 0 aliphatic rings. The Morgan fingerprint density at radius 2 is 2.15 bits per heavy atom. The maximum atomic E-state index is 12.3. The number of pyridine rings is 1. The number of halogens is 1. The summed E-state index contributed by atoms with van der Waals surface area (Å²) < 4.78 is 29.5. The Kier molecular flexibility index (Phi) is 4.17. The van der Waals surface area contributed by atoms with Crippen molar-refractivity contribution < 1.29 is 8.42 Å². The highest BCUT2D eigenvalue weighted by atomic mass is 79.9. The van der Waals surface area contributed by atoms with Gasteiger partial charge in [-0.25, -0.2) is 13.4 Å². The van der Waals surface area contributed by atoms with Gasteiger partial charge in [-0.1, -0.05) is 0 Å². The predicted molar refractivity (Wildman–Crippen MR) is 80.8 cm³/mol. The van der Waals surface area contributed by atoms with Crippen LogP contribution in [-0.2, 0) is 23.6 Å². The van der Waals surface area contributed by atoms with Crippen LogP contribution in [0.1, 0.15) is 11.4 Å². The van der Waals surface area contributed by atoms with Crippen molar-refractivity contribution in [2.24, 2.45) is 12.8 Å². The van der Waals surface area contributed by atoms with Gasteiger partial charge in [0.1, 0.15) is 10.7 Å². The van der Waals surface area contributed by atoms with E-state index in [1.54, 1.807) is 36.7 Å². The minimum absolute atomic E-state index is 0.169. The number of anilines is 1. The molecule has 0 saturated carbocycles. The van der Waals surface area contributed by atoms with E-state index in [-0.39, 0.29) is 17.3 Å². The summed E-state index contributed by atoms with van der Waals surface area (Å²) in [6.45, 7) is 2.07. The quantitative estimate of drug-likeness (QED) is 0.870. The Hall–Kier alpha value is -1.38. The van der Waals surface area contributed by atoms with Gasteiger partial charge in [0.2, 0.25) is 0 Å². The second-order valence-corrected chi connectivity index (χ2v) is 6.89. The third kappa shape index (κ3) is 3.02. The van der Waals surface area contributed by atoms with E-state index in [2.05, 4.69) is 25.6 Å². The van der Waals surface area contributed by atoms with Gasteiger partial charge in [-0.05, 0) is 41.1 Å². The predicted octanol–water partition coefficient (Wildman–Crippen LogP) is 1.75. The summed E-state index contributed by atoms with van der Waals surface area (Å²) >= 11 is 3.32. The molecule has 0 spiro atoms. The highest BCUT2D eigenvalue weighted by Crippen LogP contribution is 2.20. The first-order valence-corrected chi connectivity index (χ1v) is 8.12. The number of nitrogens with two attached hydrogens (primary N) is 1. The van der Waals surface area contributed by atoms with Crippen LogP contribution in [0.25, 0.3) is 0 Å². The van der Waals surface area contributed by atoms with Crippen molar-refractivity contribution in [3.8, 4) is 0 Å². The summed E-state index contributed by atoms with van der Waals surface area (Å²) in [5.74, 6) is 0.281. The highest BCUT2D eigenvalue weighted by molar-refractivity contribution is 9.10. The fourth-order valence-corrected chi connectivity index (χ4v) is 3.04. The standard InChI is InChI=1S/C12H15BrN4O2S/c1-8-11(13)3-4-12(15-8)16-20(18,19)10-5-9(6-14)17(2)7-10/h3-5,7H,6,14H2,1-2H3,(H,15,16). The summed E-state index contributed by atoms with van der Waals surface area (Å²) in [7, 11) is -1.91. The van der Waals surface area contributed by atoms with E-state index in [9.17, 15) is 8.42 Å². The van der Waals surface area contributed by atoms with Crippen molar-refractivity contribution in [1.82, 2.24) is 9.55 Å². The lowest BCUT2D eigenvalue weighted by molar-refractivity contribution is 0.601. The minimum Gasteiger partial charge on any atom is -0.352 e. The highest BCUT2D eigenvalue weighted by Gasteiger charge is 2.18. The zero-order valence-corrected chi connectivity index (χ0v) is 13.5. The van der Waals surface area contributed by atoms with E-state index < -0.39 is 10.0 Å². The maximum absolute atomic E-state index is 12.3. The molecule has 2 aromatic heterocycles. The third-order valence-electron chi connectivity index (χ3n) is 2.86. The molecule has 20 heavy (non-hydrogen) atoms. The van der Waals surface area contributed by atoms with Gasteiger partial charge in [0.25, 0.3) is 10.0 Å². The van der Waals surface area contributed by atoms with Crippen molar-refractivity contribution in [3.05, 3.63) is 40.3 Å². The molecule has 0 saturated heterocycles. The molecule has 3 N–H and O–H groups in total. The lowest BCUT2D eigenvalue weighted by Gasteiger charge is -2.07. The summed E-state index contributed by atoms with van der Waals surface area (Å²) in [4.78, 5) is 4.33. The van der Waals surface area contributed by atoms with Crippen LogP contribution < -0.4 is 10.5 Å². The Morgan fingerprint density at radius 3 is 2.70 bits per heavy atom. The molecule has 0 bridgehead atoms. The first-order valence-electron chi connectivity index (χ1n) is 5.85. The Balaban J connectivity index is 2.32. The van der Waals surface area contributed by atoms with Gasteiger partial charge < -0.3 is 10.3 Å². The number of aryl methyl sites for hydroxylation is 2. The van der Waals surface area contributed by atoms with Gasteiger partial charge in [-0.3, -0.25) is 4.72 Å². The Labute approximate surface area is 126 Å². The van der Waals surface area contributed by atoms with Crippen LogP contribution in [0.3, 0.4) is 0 Å². The van der Waals surface area contributed by atoms with Crippen LogP contribution in [0.5, 0.6) is 0 Å². The molecule has 0 aliphatic heterocycles. The lowest BCUT2D eigenvalue weighted by atomic mass is 10.4. The average molecular weight is 359 g/mol. The van der Waals surface area contributed by atoms with Crippen LogP contribution in [0.2, 0.25) is 0 Å². The molecule has 0 aliphatic carbocycles. The maximum Gasteiger partial charge on any atom is 0.264 e. The Bertz CT molecular complexity index is 740. The molecule has 2 rings (SSSR count). The van der Waals surface area contributed by atoms with Gasteiger partial charge in [0, 0.05) is 30.0 Å². The van der Waals surface area contributed by atoms with Gasteiger partial charge >= 0.3 is 0 Å². The second kappa shape index (κ2) is 5.55. The molecular formula is C12H15BrN4O2S. The normalized spacial score (nSPS) is 11.6. The van der Waals surface area contributed by atoms with Crippen molar-refractivity contribution in [2.75, 3.05) is 4.72 Å². The van der Waals surface area contributed by atoms with Crippen LogP contribution in [0, 0.1) is 6.92 Å². The summed E-state index contributed by atoms with van der Waals surface area (Å²) in [6, 6.07) is 4.89. The lowest BCUT2D eigenvalue weighted by Crippen LogP contribution is -2.13. The van der Waals surface area contributed by atoms with E-state index in [0.29, 0.717) is 5.69 Å². The largest absolute Gasteiger partial charge is 0.352 e. The SMILES string of the molecule is Cc1nc(NS(=O)(=O)c2cc(CN)n(C)c2)ccc1Br. The van der Waals surface area contributed by atoms with E-state index in [1.807, 2.05) is 0 Å². The van der Waals surface area contributed by atoms with Crippen LogP contribution >= 0.6 is 15.9 Å². The van der Waals surface area contributed by atoms with Crippen molar-refractivity contribution in [2.45, 2.75) is 18.4 Å². The van der Waals surface area contributed by atoms with Crippen LogP contribution in [0.4, 0.5) is 5.82 Å². The zero-order chi connectivity index (χ0) is 14.9. The van der Waals surface area contributed by atoms with Gasteiger partial charge in [-0.15, -0.1) is 0 Å². The number of hydrogen-bond acceptors (Lipinski definition) is 4. The number of nitrogens with one attached hydrogen (secondary N) is 1. The van der Waals surface area contributed by atoms with E-state index in [0.717, 1.165) is 10.2 Å². The van der Waals surface area contributed by atoms with E-state index in [4.69, 9.17) is 5.73 Å². The van der Waals surface area contributed by atoms with Gasteiger partial charge in [-0.2, -0.15) is 0 Å². The molecule has 0 fully saturated rings. The summed E-state index contributed by atoms with van der Waals surface area (Å²) in [5.41, 5.74) is 6.99. The van der Waals surface area contributed by atoms with Crippen molar-refractivity contribution >= 4 is 31.8 Å². The molecule has 2 aromatic rings. The molecule has 2 heterocycles. The van der Waals surface area contributed by atoms with Gasteiger partial charge in [0.15, 0.2) is 0 Å². The second-order valence-electron chi connectivity index (χ2n) is 4.35. The fourth-order valence-electron chi connectivity index (χ4n) is 1.72. The molecule has 0 atom stereocenters. The van der Waals surface area contributed by atoms with E-state index in [1.165, 1.54) is 6.20 Å². The van der Waals surface area contributed by atoms with Gasteiger partial charge in [0.05, 0.1) is 5.69 Å². The van der Waals surface area contributed by atoms with Crippen molar-refractivity contribution in [1.29, 1.82) is 0 Å². The molecule has 8 heteroatoms. The molecular weight excluding hydrogens is 344 g/mol.